The van der Waals surface area contributed by atoms with Crippen molar-refractivity contribution in [1.29, 1.82) is 0 Å². The van der Waals surface area contributed by atoms with Crippen LogP contribution in [0.2, 0.25) is 0 Å². The first-order valence-electron chi connectivity index (χ1n) is 13.6. The van der Waals surface area contributed by atoms with Gasteiger partial charge in [-0.3, -0.25) is 4.98 Å². The number of halogens is 1. The van der Waals surface area contributed by atoms with Gasteiger partial charge in [0, 0.05) is 68.8 Å². The summed E-state index contributed by atoms with van der Waals surface area (Å²) in [4.78, 5) is 9.51. The zero-order chi connectivity index (χ0) is 25.4. The number of hydrogen-bond acceptors (Lipinski definition) is 5. The smallest absolute Gasteiger partial charge is 0.123 e. The Kier molecular flexibility index (Phi) is 6.63. The molecule has 0 bridgehead atoms. The Bertz CT molecular complexity index is 1240. The number of hydrogen-bond donors (Lipinski definition) is 1. The van der Waals surface area contributed by atoms with Crippen molar-refractivity contribution in [2.45, 2.75) is 32.6 Å². The molecule has 6 rings (SSSR count). The molecule has 2 aromatic carbocycles. The number of benzene rings is 2. The van der Waals surface area contributed by atoms with Gasteiger partial charge in [0.15, 0.2) is 0 Å². The third-order valence-electron chi connectivity index (χ3n) is 8.29. The largest absolute Gasteiger partial charge is 0.381 e. The van der Waals surface area contributed by atoms with Gasteiger partial charge in [-0.15, -0.1) is 0 Å². The van der Waals surface area contributed by atoms with Crippen molar-refractivity contribution in [2.75, 3.05) is 56.2 Å². The summed E-state index contributed by atoms with van der Waals surface area (Å²) in [6, 6.07) is 15.4. The Morgan fingerprint density at radius 1 is 1.00 bits per heavy atom. The maximum Gasteiger partial charge on any atom is 0.123 e. The molecule has 0 unspecified atom stereocenters. The number of nitrogens with one attached hydrogen (secondary N) is 1. The van der Waals surface area contributed by atoms with E-state index in [1.807, 2.05) is 24.5 Å². The van der Waals surface area contributed by atoms with Gasteiger partial charge in [-0.1, -0.05) is 38.1 Å². The molecular weight excluding hydrogens is 463 g/mol. The predicted octanol–water partition coefficient (Wildman–Crippen LogP) is 6.30. The summed E-state index contributed by atoms with van der Waals surface area (Å²) in [7, 11) is 0. The first kappa shape index (κ1) is 24.4. The van der Waals surface area contributed by atoms with Crippen LogP contribution < -0.4 is 10.2 Å². The molecule has 3 aliphatic rings. The van der Waals surface area contributed by atoms with E-state index in [1.54, 1.807) is 6.07 Å². The lowest BCUT2D eigenvalue weighted by Crippen LogP contribution is -2.72. The molecule has 0 atom stereocenters. The lowest BCUT2D eigenvalue weighted by molar-refractivity contribution is -0.0426. The van der Waals surface area contributed by atoms with Crippen LogP contribution >= 0.6 is 0 Å². The predicted molar refractivity (Wildman–Crippen MR) is 148 cm³/mol. The van der Waals surface area contributed by atoms with E-state index in [1.165, 1.54) is 44.1 Å². The summed E-state index contributed by atoms with van der Waals surface area (Å²) in [5.74, 6) is 0.904. The SMILES string of the molecule is CC(C)c1ccccc1-c1cc(F)ccc1Nc1cnccc1N1CC2(CN(CC3CCOCC3)C2)C1. The first-order valence-corrected chi connectivity index (χ1v) is 13.6. The van der Waals surface area contributed by atoms with Crippen LogP contribution in [-0.4, -0.2) is 55.8 Å². The molecule has 4 heterocycles. The van der Waals surface area contributed by atoms with E-state index in [-0.39, 0.29) is 5.82 Å². The molecule has 1 spiro atoms. The molecule has 3 saturated heterocycles. The van der Waals surface area contributed by atoms with E-state index in [4.69, 9.17) is 4.74 Å². The normalized spacial score (nSPS) is 19.6. The average Bonchev–Trinajstić information content (AvgIpc) is 2.87. The molecule has 0 amide bonds. The van der Waals surface area contributed by atoms with Crippen molar-refractivity contribution in [3.63, 3.8) is 0 Å². The number of anilines is 3. The van der Waals surface area contributed by atoms with Crippen LogP contribution in [0.5, 0.6) is 0 Å². The van der Waals surface area contributed by atoms with Crippen molar-refractivity contribution < 1.29 is 9.13 Å². The Hall–Kier alpha value is -2.96. The summed E-state index contributed by atoms with van der Waals surface area (Å²) in [5.41, 5.74) is 6.59. The molecule has 37 heavy (non-hydrogen) atoms. The van der Waals surface area contributed by atoms with Crippen molar-refractivity contribution in [3.05, 3.63) is 72.3 Å². The number of aromatic nitrogens is 1. The van der Waals surface area contributed by atoms with Gasteiger partial charge >= 0.3 is 0 Å². The first-order chi connectivity index (χ1) is 18.0. The van der Waals surface area contributed by atoms with Crippen molar-refractivity contribution in [1.82, 2.24) is 9.88 Å². The highest BCUT2D eigenvalue weighted by molar-refractivity contribution is 5.86. The Balaban J connectivity index is 1.17. The van der Waals surface area contributed by atoms with Gasteiger partial charge in [0.25, 0.3) is 0 Å². The Labute approximate surface area is 219 Å². The van der Waals surface area contributed by atoms with Crippen LogP contribution in [0, 0.1) is 17.2 Å². The Morgan fingerprint density at radius 3 is 2.57 bits per heavy atom. The minimum atomic E-state index is -0.231. The van der Waals surface area contributed by atoms with Gasteiger partial charge in [-0.05, 0) is 60.1 Å². The van der Waals surface area contributed by atoms with Crippen molar-refractivity contribution >= 4 is 17.1 Å². The average molecular weight is 501 g/mol. The molecule has 6 heteroatoms. The molecule has 194 valence electrons. The maximum atomic E-state index is 14.4. The van der Waals surface area contributed by atoms with Crippen LogP contribution in [0.3, 0.4) is 0 Å². The Morgan fingerprint density at radius 2 is 1.78 bits per heavy atom. The van der Waals surface area contributed by atoms with Gasteiger partial charge in [0.05, 0.1) is 17.6 Å². The van der Waals surface area contributed by atoms with Crippen LogP contribution in [0.25, 0.3) is 11.1 Å². The fourth-order valence-corrected chi connectivity index (χ4v) is 6.46. The van der Waals surface area contributed by atoms with Crippen LogP contribution in [0.1, 0.15) is 38.2 Å². The minimum Gasteiger partial charge on any atom is -0.381 e. The number of pyridine rings is 1. The highest BCUT2D eigenvalue weighted by Gasteiger charge is 2.52. The summed E-state index contributed by atoms with van der Waals surface area (Å²) >= 11 is 0. The third-order valence-corrected chi connectivity index (χ3v) is 8.29. The second-order valence-corrected chi connectivity index (χ2v) is 11.5. The highest BCUT2D eigenvalue weighted by atomic mass is 19.1. The van der Waals surface area contributed by atoms with E-state index < -0.39 is 0 Å². The fourth-order valence-electron chi connectivity index (χ4n) is 6.46. The second kappa shape index (κ2) is 10.1. The van der Waals surface area contributed by atoms with Gasteiger partial charge in [-0.25, -0.2) is 4.39 Å². The maximum absolute atomic E-state index is 14.4. The van der Waals surface area contributed by atoms with Crippen molar-refractivity contribution in [2.24, 2.45) is 11.3 Å². The topological polar surface area (TPSA) is 40.6 Å². The molecule has 0 radical (unpaired) electrons. The quantitative estimate of drug-likeness (QED) is 0.412. The lowest BCUT2D eigenvalue weighted by Gasteiger charge is -2.61. The third kappa shape index (κ3) is 4.97. The molecule has 3 aromatic rings. The van der Waals surface area contributed by atoms with Crippen LogP contribution in [-0.2, 0) is 4.74 Å². The highest BCUT2D eigenvalue weighted by Crippen LogP contribution is 2.45. The second-order valence-electron chi connectivity index (χ2n) is 11.5. The van der Waals surface area contributed by atoms with Crippen LogP contribution in [0.15, 0.2) is 60.9 Å². The van der Waals surface area contributed by atoms with E-state index in [9.17, 15) is 4.39 Å². The standard InChI is InChI=1S/C31H37FN4O/c1-22(2)25-5-3-4-6-26(25)27-15-24(32)7-8-28(27)34-29-16-33-12-9-30(29)36-20-31(21-36)18-35(19-31)17-23-10-13-37-14-11-23/h3-9,12,15-16,22-23,34H,10-11,13-14,17-21H2,1-2H3. The molecule has 5 nitrogen and oxygen atoms in total. The zero-order valence-corrected chi connectivity index (χ0v) is 21.9. The number of ether oxygens (including phenoxy) is 1. The van der Waals surface area contributed by atoms with Crippen molar-refractivity contribution in [3.8, 4) is 11.1 Å². The zero-order valence-electron chi connectivity index (χ0n) is 21.9. The van der Waals surface area contributed by atoms with Gasteiger partial charge in [0.2, 0.25) is 0 Å². The van der Waals surface area contributed by atoms with Gasteiger partial charge in [0.1, 0.15) is 5.82 Å². The monoisotopic (exact) mass is 500 g/mol. The fraction of sp³-hybridized carbons (Fsp3) is 0.452. The molecule has 0 saturated carbocycles. The summed E-state index contributed by atoms with van der Waals surface area (Å²) < 4.78 is 20.0. The van der Waals surface area contributed by atoms with Gasteiger partial charge in [-0.2, -0.15) is 0 Å². The number of rotatable bonds is 7. The number of likely N-dealkylation sites (tertiary alicyclic amines) is 1. The molecule has 3 aliphatic heterocycles. The van der Waals surface area contributed by atoms with E-state index in [0.717, 1.165) is 60.4 Å². The lowest BCUT2D eigenvalue weighted by atomic mass is 9.72. The van der Waals surface area contributed by atoms with E-state index in [0.29, 0.717) is 11.3 Å². The van der Waals surface area contributed by atoms with E-state index in [2.05, 4.69) is 58.2 Å². The molecular formula is C31H37FN4O. The molecule has 3 fully saturated rings. The number of nitrogens with zero attached hydrogens (tertiary/aromatic N) is 3. The minimum absolute atomic E-state index is 0.231. The van der Waals surface area contributed by atoms with Crippen LogP contribution in [0.4, 0.5) is 21.5 Å². The molecule has 1 N–H and O–H groups in total. The molecule has 1 aromatic heterocycles. The van der Waals surface area contributed by atoms with E-state index >= 15 is 0 Å². The summed E-state index contributed by atoms with van der Waals surface area (Å²) in [5, 5.41) is 3.62. The summed E-state index contributed by atoms with van der Waals surface area (Å²) in [6.45, 7) is 12.0. The summed E-state index contributed by atoms with van der Waals surface area (Å²) in [6.07, 6.45) is 6.16. The van der Waals surface area contributed by atoms with Gasteiger partial charge < -0.3 is 19.9 Å². The molecule has 0 aliphatic carbocycles.